The summed E-state index contributed by atoms with van der Waals surface area (Å²) in [6, 6.07) is 0.157. The van der Waals surface area contributed by atoms with Crippen LogP contribution in [0.1, 0.15) is 53.4 Å². The van der Waals surface area contributed by atoms with E-state index in [1.807, 2.05) is 27.7 Å². The van der Waals surface area contributed by atoms with E-state index in [0.717, 1.165) is 25.7 Å². The van der Waals surface area contributed by atoms with Crippen molar-refractivity contribution in [1.29, 1.82) is 0 Å². The van der Waals surface area contributed by atoms with Crippen LogP contribution in [0.15, 0.2) is 0 Å². The fourth-order valence-corrected chi connectivity index (χ4v) is 2.61. The molecule has 1 amide bonds. The maximum absolute atomic E-state index is 12.5. The van der Waals surface area contributed by atoms with Crippen molar-refractivity contribution in [1.82, 2.24) is 4.90 Å². The SMILES string of the molecule is CC1CCCCCN1C(=O)C(C(=O)O)C(C)(C)C. The topological polar surface area (TPSA) is 57.6 Å². The molecule has 4 heteroatoms. The first kappa shape index (κ1) is 15.0. The van der Waals surface area contributed by atoms with Crippen LogP contribution in [0, 0.1) is 11.3 Å². The highest BCUT2D eigenvalue weighted by Crippen LogP contribution is 2.30. The summed E-state index contributed by atoms with van der Waals surface area (Å²) in [6.07, 6.45) is 4.20. The van der Waals surface area contributed by atoms with E-state index in [1.54, 1.807) is 4.90 Å². The number of amides is 1. The predicted molar refractivity (Wildman–Crippen MR) is 70.2 cm³/mol. The lowest BCUT2D eigenvalue weighted by Gasteiger charge is -2.34. The average molecular weight is 255 g/mol. The van der Waals surface area contributed by atoms with Crippen molar-refractivity contribution >= 4 is 11.9 Å². The van der Waals surface area contributed by atoms with Gasteiger partial charge in [-0.15, -0.1) is 0 Å². The third-order valence-electron chi connectivity index (χ3n) is 3.70. The molecular formula is C14H25NO3. The summed E-state index contributed by atoms with van der Waals surface area (Å²) in [5.74, 6) is -2.17. The van der Waals surface area contributed by atoms with Gasteiger partial charge in [-0.25, -0.2) is 0 Å². The summed E-state index contributed by atoms with van der Waals surface area (Å²) in [5.41, 5.74) is -0.547. The van der Waals surface area contributed by atoms with Crippen LogP contribution in [0.3, 0.4) is 0 Å². The molecule has 0 bridgehead atoms. The first-order chi connectivity index (χ1) is 8.25. The quantitative estimate of drug-likeness (QED) is 0.771. The second kappa shape index (κ2) is 5.72. The van der Waals surface area contributed by atoms with E-state index in [0.29, 0.717) is 6.54 Å². The fourth-order valence-electron chi connectivity index (χ4n) is 2.61. The van der Waals surface area contributed by atoms with Crippen molar-refractivity contribution in [2.24, 2.45) is 11.3 Å². The Morgan fingerprint density at radius 1 is 1.22 bits per heavy atom. The highest BCUT2D eigenvalue weighted by molar-refractivity contribution is 5.97. The van der Waals surface area contributed by atoms with Crippen molar-refractivity contribution in [3.05, 3.63) is 0 Å². The van der Waals surface area contributed by atoms with Crippen LogP contribution in [0.2, 0.25) is 0 Å². The number of nitrogens with zero attached hydrogens (tertiary/aromatic N) is 1. The van der Waals surface area contributed by atoms with E-state index in [2.05, 4.69) is 0 Å². The number of hydrogen-bond donors (Lipinski definition) is 1. The molecule has 0 saturated carbocycles. The zero-order chi connectivity index (χ0) is 13.9. The minimum atomic E-state index is -1.01. The van der Waals surface area contributed by atoms with Crippen LogP contribution in [-0.4, -0.2) is 34.5 Å². The third-order valence-corrected chi connectivity index (χ3v) is 3.70. The number of carboxylic acids is 1. The van der Waals surface area contributed by atoms with Crippen molar-refractivity contribution < 1.29 is 14.7 Å². The number of rotatable bonds is 2. The van der Waals surface area contributed by atoms with E-state index in [1.165, 1.54) is 0 Å². The number of aliphatic carboxylic acids is 1. The lowest BCUT2D eigenvalue weighted by Crippen LogP contribution is -2.48. The summed E-state index contributed by atoms with van der Waals surface area (Å²) in [6.45, 7) is 8.15. The van der Waals surface area contributed by atoms with Gasteiger partial charge in [-0.2, -0.15) is 0 Å². The van der Waals surface area contributed by atoms with Gasteiger partial charge in [0.05, 0.1) is 0 Å². The van der Waals surface area contributed by atoms with E-state index in [-0.39, 0.29) is 11.9 Å². The molecular weight excluding hydrogens is 230 g/mol. The van der Waals surface area contributed by atoms with Crippen molar-refractivity contribution in [2.45, 2.75) is 59.4 Å². The molecule has 0 aromatic heterocycles. The molecule has 0 radical (unpaired) electrons. The first-order valence-electron chi connectivity index (χ1n) is 6.78. The fraction of sp³-hybridized carbons (Fsp3) is 0.857. The monoisotopic (exact) mass is 255 g/mol. The van der Waals surface area contributed by atoms with E-state index >= 15 is 0 Å². The Hall–Kier alpha value is -1.06. The van der Waals surface area contributed by atoms with Gasteiger partial charge in [0, 0.05) is 12.6 Å². The molecule has 4 nitrogen and oxygen atoms in total. The predicted octanol–water partition coefficient (Wildman–Crippen LogP) is 2.52. The molecule has 1 fully saturated rings. The van der Waals surface area contributed by atoms with Crippen LogP contribution in [0.5, 0.6) is 0 Å². The standard InChI is InChI=1S/C14H25NO3/c1-10-8-6-5-7-9-15(10)12(16)11(13(17)18)14(2,3)4/h10-11H,5-9H2,1-4H3,(H,17,18). The average Bonchev–Trinajstić information content (AvgIpc) is 2.39. The van der Waals surface area contributed by atoms with Crippen molar-refractivity contribution in [2.75, 3.05) is 6.54 Å². The Balaban J connectivity index is 2.91. The van der Waals surface area contributed by atoms with Gasteiger partial charge in [-0.05, 0) is 25.2 Å². The van der Waals surface area contributed by atoms with E-state index in [4.69, 9.17) is 0 Å². The van der Waals surface area contributed by atoms with Crippen molar-refractivity contribution in [3.63, 3.8) is 0 Å². The van der Waals surface area contributed by atoms with Crippen LogP contribution < -0.4 is 0 Å². The zero-order valence-corrected chi connectivity index (χ0v) is 11.9. The number of hydrogen-bond acceptors (Lipinski definition) is 2. The molecule has 1 saturated heterocycles. The molecule has 1 N–H and O–H groups in total. The van der Waals surface area contributed by atoms with Crippen LogP contribution in [0.4, 0.5) is 0 Å². The van der Waals surface area contributed by atoms with E-state index in [9.17, 15) is 14.7 Å². The maximum atomic E-state index is 12.5. The molecule has 0 aliphatic carbocycles. The van der Waals surface area contributed by atoms with Crippen LogP contribution in [-0.2, 0) is 9.59 Å². The van der Waals surface area contributed by atoms with Gasteiger partial charge in [0.1, 0.15) is 5.92 Å². The van der Waals surface area contributed by atoms with Gasteiger partial charge in [-0.1, -0.05) is 33.6 Å². The molecule has 1 aliphatic rings. The van der Waals surface area contributed by atoms with Gasteiger partial charge in [0.2, 0.25) is 5.91 Å². The molecule has 18 heavy (non-hydrogen) atoms. The highest BCUT2D eigenvalue weighted by Gasteiger charge is 2.41. The number of carbonyl (C=O) groups excluding carboxylic acids is 1. The van der Waals surface area contributed by atoms with Crippen LogP contribution in [0.25, 0.3) is 0 Å². The number of carboxylic acid groups (broad SMARTS) is 1. The maximum Gasteiger partial charge on any atom is 0.316 e. The molecule has 104 valence electrons. The Kier molecular flexibility index (Phi) is 4.77. The minimum absolute atomic E-state index is 0.157. The van der Waals surface area contributed by atoms with Gasteiger partial charge in [-0.3, -0.25) is 9.59 Å². The number of carbonyl (C=O) groups is 2. The Bertz CT molecular complexity index is 319. The van der Waals surface area contributed by atoms with Crippen molar-refractivity contribution in [3.8, 4) is 0 Å². The van der Waals surface area contributed by atoms with Gasteiger partial charge >= 0.3 is 5.97 Å². The Morgan fingerprint density at radius 3 is 2.33 bits per heavy atom. The summed E-state index contributed by atoms with van der Waals surface area (Å²) < 4.78 is 0. The first-order valence-corrected chi connectivity index (χ1v) is 6.78. The summed E-state index contributed by atoms with van der Waals surface area (Å²) in [7, 11) is 0. The summed E-state index contributed by atoms with van der Waals surface area (Å²) in [5, 5.41) is 9.32. The van der Waals surface area contributed by atoms with E-state index < -0.39 is 17.3 Å². The molecule has 0 aromatic carbocycles. The zero-order valence-electron chi connectivity index (χ0n) is 11.9. The third kappa shape index (κ3) is 3.47. The Morgan fingerprint density at radius 2 is 1.83 bits per heavy atom. The largest absolute Gasteiger partial charge is 0.481 e. The molecule has 0 aromatic rings. The highest BCUT2D eigenvalue weighted by atomic mass is 16.4. The van der Waals surface area contributed by atoms with Gasteiger partial charge in [0.25, 0.3) is 0 Å². The Labute approximate surface area is 109 Å². The molecule has 1 aliphatic heterocycles. The second-order valence-corrected chi connectivity index (χ2v) is 6.37. The molecule has 0 spiro atoms. The minimum Gasteiger partial charge on any atom is -0.481 e. The summed E-state index contributed by atoms with van der Waals surface area (Å²) >= 11 is 0. The van der Waals surface area contributed by atoms with Gasteiger partial charge in [0.15, 0.2) is 0 Å². The summed E-state index contributed by atoms with van der Waals surface area (Å²) in [4.78, 5) is 25.6. The molecule has 1 rings (SSSR count). The molecule has 2 unspecified atom stereocenters. The van der Waals surface area contributed by atoms with Crippen LogP contribution >= 0.6 is 0 Å². The van der Waals surface area contributed by atoms with Gasteiger partial charge < -0.3 is 10.0 Å². The lowest BCUT2D eigenvalue weighted by atomic mass is 9.79. The smallest absolute Gasteiger partial charge is 0.316 e. The molecule has 1 heterocycles. The molecule has 2 atom stereocenters. The number of likely N-dealkylation sites (tertiary alicyclic amines) is 1. The normalized spacial score (nSPS) is 23.3. The lowest BCUT2D eigenvalue weighted by molar-refractivity contribution is -0.157. The second-order valence-electron chi connectivity index (χ2n) is 6.37.